The Hall–Kier alpha value is -2.22. The Morgan fingerprint density at radius 1 is 1.04 bits per heavy atom. The van der Waals surface area contributed by atoms with E-state index >= 15 is 0 Å². The van der Waals surface area contributed by atoms with Crippen molar-refractivity contribution < 1.29 is 13.2 Å². The summed E-state index contributed by atoms with van der Waals surface area (Å²) in [6.45, 7) is 1.19. The minimum Gasteiger partial charge on any atom is -0.381 e. The Balaban J connectivity index is 1.56. The zero-order chi connectivity index (χ0) is 17.3. The summed E-state index contributed by atoms with van der Waals surface area (Å²) in [4.78, 5) is 8.04. The Labute approximate surface area is 146 Å². The summed E-state index contributed by atoms with van der Waals surface area (Å²) in [6, 6.07) is 14.5. The Morgan fingerprint density at radius 3 is 2.48 bits per heavy atom. The van der Waals surface area contributed by atoms with Gasteiger partial charge in [-0.15, -0.1) is 0 Å². The summed E-state index contributed by atoms with van der Waals surface area (Å²) >= 11 is 0. The number of rotatable bonds is 4. The molecule has 1 fully saturated rings. The van der Waals surface area contributed by atoms with Crippen LogP contribution in [0.2, 0.25) is 0 Å². The van der Waals surface area contributed by atoms with Crippen LogP contribution in [0.15, 0.2) is 53.4 Å². The molecule has 4 rings (SSSR count). The van der Waals surface area contributed by atoms with Gasteiger partial charge in [-0.3, -0.25) is 0 Å². The molecule has 0 radical (unpaired) electrons. The van der Waals surface area contributed by atoms with E-state index in [1.165, 1.54) is 0 Å². The van der Waals surface area contributed by atoms with E-state index in [-0.39, 0.29) is 10.9 Å². The smallest absolute Gasteiger partial charge is 0.240 e. The van der Waals surface area contributed by atoms with Crippen molar-refractivity contribution in [1.29, 1.82) is 0 Å². The molecule has 1 aliphatic rings. The average Bonchev–Trinajstić information content (AvgIpc) is 3.06. The summed E-state index contributed by atoms with van der Waals surface area (Å²) in [6.07, 6.45) is 1.41. The van der Waals surface area contributed by atoms with Crippen LogP contribution < -0.4 is 4.72 Å². The van der Waals surface area contributed by atoms with Crippen molar-refractivity contribution in [1.82, 2.24) is 14.7 Å². The number of nitrogens with zero attached hydrogens (tertiary/aromatic N) is 1. The normalized spacial score (nSPS) is 16.3. The van der Waals surface area contributed by atoms with Crippen LogP contribution in [0.5, 0.6) is 0 Å². The number of nitrogens with one attached hydrogen (secondary N) is 2. The molecular weight excluding hydrogens is 338 g/mol. The molecule has 0 atom stereocenters. The summed E-state index contributed by atoms with van der Waals surface area (Å²) in [5.41, 5.74) is 2.69. The number of fused-ring (bicyclic) bond motifs is 1. The largest absolute Gasteiger partial charge is 0.381 e. The highest BCUT2D eigenvalue weighted by molar-refractivity contribution is 7.89. The van der Waals surface area contributed by atoms with Crippen molar-refractivity contribution in [2.75, 3.05) is 13.2 Å². The highest BCUT2D eigenvalue weighted by Crippen LogP contribution is 2.22. The minimum absolute atomic E-state index is 0.0613. The van der Waals surface area contributed by atoms with E-state index < -0.39 is 10.0 Å². The van der Waals surface area contributed by atoms with Gasteiger partial charge in [-0.05, 0) is 49.2 Å². The molecule has 0 spiro atoms. The van der Waals surface area contributed by atoms with Gasteiger partial charge in [0, 0.05) is 24.8 Å². The molecule has 130 valence electrons. The lowest BCUT2D eigenvalue weighted by Gasteiger charge is -2.22. The summed E-state index contributed by atoms with van der Waals surface area (Å²) in [5.74, 6) is 0.725. The van der Waals surface area contributed by atoms with Crippen LogP contribution in [0.4, 0.5) is 0 Å². The van der Waals surface area contributed by atoms with Crippen LogP contribution in [0.1, 0.15) is 12.8 Å². The summed E-state index contributed by atoms with van der Waals surface area (Å²) in [5, 5.41) is 0. The maximum absolute atomic E-state index is 12.5. The fraction of sp³-hybridized carbons (Fsp3) is 0.278. The number of benzene rings is 2. The van der Waals surface area contributed by atoms with Gasteiger partial charge >= 0.3 is 0 Å². The third-order valence-electron chi connectivity index (χ3n) is 4.37. The van der Waals surface area contributed by atoms with Crippen LogP contribution >= 0.6 is 0 Å². The molecular formula is C18H19N3O3S. The van der Waals surface area contributed by atoms with Gasteiger partial charge in [0.25, 0.3) is 0 Å². The fourth-order valence-corrected chi connectivity index (χ4v) is 4.29. The Kier molecular flexibility index (Phi) is 4.29. The molecule has 0 aliphatic carbocycles. The third-order valence-corrected chi connectivity index (χ3v) is 5.91. The third kappa shape index (κ3) is 3.44. The van der Waals surface area contributed by atoms with Crippen molar-refractivity contribution >= 4 is 21.1 Å². The van der Waals surface area contributed by atoms with E-state index in [4.69, 9.17) is 4.74 Å². The number of aromatic amines is 1. The minimum atomic E-state index is -3.52. The molecule has 1 aromatic heterocycles. The number of hydrogen-bond donors (Lipinski definition) is 2. The molecule has 0 saturated carbocycles. The zero-order valence-corrected chi connectivity index (χ0v) is 14.4. The highest BCUT2D eigenvalue weighted by Gasteiger charge is 2.22. The van der Waals surface area contributed by atoms with E-state index in [0.717, 1.165) is 22.4 Å². The van der Waals surface area contributed by atoms with Crippen molar-refractivity contribution in [2.24, 2.45) is 0 Å². The maximum atomic E-state index is 12.5. The predicted octanol–water partition coefficient (Wildman–Crippen LogP) is 2.69. The Bertz CT molecular complexity index is 941. The van der Waals surface area contributed by atoms with Crippen molar-refractivity contribution in [3.8, 4) is 11.4 Å². The first-order chi connectivity index (χ1) is 12.1. The SMILES string of the molecule is O=S(=O)(NC1CCOCC1)c1ccc(-c2nc3ccccc3[nH]2)cc1. The van der Waals surface area contributed by atoms with E-state index in [1.54, 1.807) is 24.3 Å². The Morgan fingerprint density at radius 2 is 1.76 bits per heavy atom. The standard InChI is InChI=1S/C18H19N3O3S/c22-25(23,21-14-9-11-24-12-10-14)15-7-5-13(6-8-15)18-19-16-3-1-2-4-17(16)20-18/h1-8,14,21H,9-12H2,(H,19,20). The van der Waals surface area contributed by atoms with Crippen molar-refractivity contribution in [2.45, 2.75) is 23.8 Å². The van der Waals surface area contributed by atoms with E-state index in [9.17, 15) is 8.42 Å². The van der Waals surface area contributed by atoms with Crippen molar-refractivity contribution in [3.05, 3.63) is 48.5 Å². The van der Waals surface area contributed by atoms with Gasteiger partial charge < -0.3 is 9.72 Å². The molecule has 1 saturated heterocycles. The van der Waals surface area contributed by atoms with E-state index in [0.29, 0.717) is 26.1 Å². The highest BCUT2D eigenvalue weighted by atomic mass is 32.2. The molecule has 25 heavy (non-hydrogen) atoms. The van der Waals surface area contributed by atoms with Crippen LogP contribution in [-0.2, 0) is 14.8 Å². The molecule has 0 unspecified atom stereocenters. The lowest BCUT2D eigenvalue weighted by atomic mass is 10.1. The fourth-order valence-electron chi connectivity index (χ4n) is 2.98. The molecule has 6 nitrogen and oxygen atoms in total. The number of hydrogen-bond acceptors (Lipinski definition) is 4. The van der Waals surface area contributed by atoms with Crippen LogP contribution in [0, 0.1) is 0 Å². The van der Waals surface area contributed by atoms with Gasteiger partial charge in [0.2, 0.25) is 10.0 Å². The summed E-state index contributed by atoms with van der Waals surface area (Å²) < 4.78 is 33.1. The molecule has 2 N–H and O–H groups in total. The average molecular weight is 357 g/mol. The second kappa shape index (κ2) is 6.59. The van der Waals surface area contributed by atoms with Gasteiger partial charge in [0.05, 0.1) is 15.9 Å². The first kappa shape index (κ1) is 16.3. The second-order valence-electron chi connectivity index (χ2n) is 6.13. The number of imidazole rings is 1. The molecule has 2 heterocycles. The first-order valence-electron chi connectivity index (χ1n) is 8.27. The van der Waals surface area contributed by atoms with Gasteiger partial charge in [-0.2, -0.15) is 0 Å². The van der Waals surface area contributed by atoms with Crippen LogP contribution in [0.3, 0.4) is 0 Å². The van der Waals surface area contributed by atoms with Gasteiger partial charge in [0.15, 0.2) is 0 Å². The zero-order valence-electron chi connectivity index (χ0n) is 13.6. The number of sulfonamides is 1. The lowest BCUT2D eigenvalue weighted by molar-refractivity contribution is 0.0832. The first-order valence-corrected chi connectivity index (χ1v) is 9.75. The van der Waals surface area contributed by atoms with E-state index in [2.05, 4.69) is 14.7 Å². The molecule has 0 bridgehead atoms. The molecule has 0 amide bonds. The molecule has 2 aromatic carbocycles. The molecule has 7 heteroatoms. The van der Waals surface area contributed by atoms with Gasteiger partial charge in [-0.1, -0.05) is 12.1 Å². The van der Waals surface area contributed by atoms with E-state index in [1.807, 2.05) is 24.3 Å². The summed E-state index contributed by atoms with van der Waals surface area (Å²) in [7, 11) is -3.52. The predicted molar refractivity (Wildman–Crippen MR) is 95.7 cm³/mol. The molecule has 3 aromatic rings. The topological polar surface area (TPSA) is 84.1 Å². The lowest BCUT2D eigenvalue weighted by Crippen LogP contribution is -2.38. The number of para-hydroxylation sites is 2. The maximum Gasteiger partial charge on any atom is 0.240 e. The van der Waals surface area contributed by atoms with Gasteiger partial charge in [-0.25, -0.2) is 18.1 Å². The van der Waals surface area contributed by atoms with Crippen LogP contribution in [-0.4, -0.2) is 37.6 Å². The monoisotopic (exact) mass is 357 g/mol. The number of ether oxygens (including phenoxy) is 1. The van der Waals surface area contributed by atoms with Crippen molar-refractivity contribution in [3.63, 3.8) is 0 Å². The quantitative estimate of drug-likeness (QED) is 0.752. The van der Waals surface area contributed by atoms with Crippen LogP contribution in [0.25, 0.3) is 22.4 Å². The van der Waals surface area contributed by atoms with Gasteiger partial charge in [0.1, 0.15) is 5.82 Å². The molecule has 1 aliphatic heterocycles. The number of H-pyrrole nitrogens is 1. The number of aromatic nitrogens is 2. The second-order valence-corrected chi connectivity index (χ2v) is 7.85.